The molecular weight excluding hydrogens is 408 g/mol. The van der Waals surface area contributed by atoms with Crippen LogP contribution >= 0.6 is 0 Å². The number of rotatable bonds is 12. The van der Waals surface area contributed by atoms with Crippen LogP contribution in [0.1, 0.15) is 117 Å². The van der Waals surface area contributed by atoms with Crippen molar-refractivity contribution in [1.29, 1.82) is 0 Å². The van der Waals surface area contributed by atoms with Gasteiger partial charge in [-0.05, 0) is 81.0 Å². The van der Waals surface area contributed by atoms with Crippen LogP contribution in [0, 0.1) is 41.4 Å². The molecule has 0 heterocycles. The number of unbranched alkanes of at least 4 members (excludes halogenated alkanes) is 2. The predicted octanol–water partition coefficient (Wildman–Crippen LogP) is 7.71. The number of esters is 1. The van der Waals surface area contributed by atoms with E-state index in [-0.39, 0.29) is 18.5 Å². The maximum atomic E-state index is 11.7. The Labute approximate surface area is 204 Å². The summed E-state index contributed by atoms with van der Waals surface area (Å²) < 4.78 is 5.34. The number of hydrogen-bond donors (Lipinski definition) is 1. The molecule has 3 nitrogen and oxygen atoms in total. The second-order valence-electron chi connectivity index (χ2n) is 12.1. The summed E-state index contributed by atoms with van der Waals surface area (Å²) in [6, 6.07) is 0. The Morgan fingerprint density at radius 2 is 1.45 bits per heavy atom. The standard InChI is InChI=1S/C30H52O3/c1-4-5-6-7-24-12-16-28-19-25(13-17-27(28)18-24)9-8-23-10-14-26(15-11-23)29(20-31)21-33-30(32)22(2)3/h23-29,31H,2,4-21H2,1,3H3. The largest absolute Gasteiger partial charge is 0.462 e. The Kier molecular flexibility index (Phi) is 11.3. The molecule has 0 spiro atoms. The van der Waals surface area contributed by atoms with Crippen molar-refractivity contribution in [1.82, 2.24) is 0 Å². The summed E-state index contributed by atoms with van der Waals surface area (Å²) in [5.41, 5.74) is 0.435. The van der Waals surface area contributed by atoms with E-state index in [0.29, 0.717) is 18.1 Å². The van der Waals surface area contributed by atoms with E-state index in [1.807, 2.05) is 0 Å². The number of aliphatic hydroxyl groups excluding tert-OH is 1. The van der Waals surface area contributed by atoms with Crippen LogP contribution in [0.3, 0.4) is 0 Å². The summed E-state index contributed by atoms with van der Waals surface area (Å²) in [5.74, 6) is 5.21. The molecule has 0 saturated heterocycles. The molecule has 3 fully saturated rings. The first-order chi connectivity index (χ1) is 16.0. The Bertz CT molecular complexity index is 591. The van der Waals surface area contributed by atoms with E-state index in [9.17, 15) is 9.90 Å². The van der Waals surface area contributed by atoms with E-state index >= 15 is 0 Å². The van der Waals surface area contributed by atoms with Crippen molar-refractivity contribution in [3.63, 3.8) is 0 Å². The summed E-state index contributed by atoms with van der Waals surface area (Å²) in [4.78, 5) is 11.7. The van der Waals surface area contributed by atoms with Gasteiger partial charge in [0.05, 0.1) is 6.61 Å². The molecule has 0 bridgehead atoms. The number of hydrogen-bond acceptors (Lipinski definition) is 3. The molecule has 1 N–H and O–H groups in total. The number of carbonyl (C=O) groups excluding carboxylic acids is 1. The smallest absolute Gasteiger partial charge is 0.333 e. The van der Waals surface area contributed by atoms with Crippen LogP contribution in [0.15, 0.2) is 12.2 Å². The minimum Gasteiger partial charge on any atom is -0.462 e. The van der Waals surface area contributed by atoms with E-state index in [2.05, 4.69) is 13.5 Å². The number of carbonyl (C=O) groups is 1. The van der Waals surface area contributed by atoms with Gasteiger partial charge in [-0.1, -0.05) is 77.7 Å². The fourth-order valence-corrected chi connectivity index (χ4v) is 7.35. The number of fused-ring (bicyclic) bond motifs is 1. The van der Waals surface area contributed by atoms with Gasteiger partial charge in [0.25, 0.3) is 0 Å². The molecular formula is C30H52O3. The van der Waals surface area contributed by atoms with E-state index < -0.39 is 0 Å². The maximum absolute atomic E-state index is 11.7. The van der Waals surface area contributed by atoms with E-state index in [4.69, 9.17) is 4.74 Å². The van der Waals surface area contributed by atoms with Gasteiger partial charge in [-0.3, -0.25) is 0 Å². The van der Waals surface area contributed by atoms with E-state index in [1.165, 1.54) is 96.3 Å². The number of aliphatic hydroxyl groups is 1. The topological polar surface area (TPSA) is 46.5 Å². The highest BCUT2D eigenvalue weighted by atomic mass is 16.5. The van der Waals surface area contributed by atoms with Crippen molar-refractivity contribution in [2.24, 2.45) is 41.4 Å². The SMILES string of the molecule is C=C(C)C(=O)OCC(CO)C1CCC(CCC2CCC3CC(CCCCC)CCC3C2)CC1. The molecule has 3 heteroatoms. The lowest BCUT2D eigenvalue weighted by atomic mass is 9.63. The van der Waals surface area contributed by atoms with Gasteiger partial charge >= 0.3 is 5.97 Å². The van der Waals surface area contributed by atoms with E-state index in [0.717, 1.165) is 29.6 Å². The first kappa shape index (κ1) is 26.8. The van der Waals surface area contributed by atoms with Crippen LogP contribution in [0.5, 0.6) is 0 Å². The molecule has 3 rings (SSSR count). The zero-order chi connectivity index (χ0) is 23.6. The van der Waals surface area contributed by atoms with Gasteiger partial charge in [0.15, 0.2) is 0 Å². The first-order valence-corrected chi connectivity index (χ1v) is 14.4. The fraction of sp³-hybridized carbons (Fsp3) is 0.900. The van der Waals surface area contributed by atoms with Crippen molar-refractivity contribution in [3.05, 3.63) is 12.2 Å². The van der Waals surface area contributed by atoms with Crippen LogP contribution in [-0.4, -0.2) is 24.3 Å². The second-order valence-corrected chi connectivity index (χ2v) is 12.1. The van der Waals surface area contributed by atoms with Crippen molar-refractivity contribution in [2.75, 3.05) is 13.2 Å². The quantitative estimate of drug-likeness (QED) is 0.184. The molecule has 0 aromatic carbocycles. The highest BCUT2D eigenvalue weighted by Crippen LogP contribution is 2.47. The molecule has 0 aliphatic heterocycles. The Hall–Kier alpha value is -0.830. The average Bonchev–Trinajstić information content (AvgIpc) is 2.83. The molecule has 3 aliphatic rings. The first-order valence-electron chi connectivity index (χ1n) is 14.4. The van der Waals surface area contributed by atoms with Crippen LogP contribution in [0.4, 0.5) is 0 Å². The molecule has 0 aromatic rings. The van der Waals surface area contributed by atoms with Gasteiger partial charge in [-0.25, -0.2) is 4.79 Å². The molecule has 190 valence electrons. The van der Waals surface area contributed by atoms with Crippen LogP contribution in [-0.2, 0) is 9.53 Å². The monoisotopic (exact) mass is 460 g/mol. The van der Waals surface area contributed by atoms with E-state index in [1.54, 1.807) is 13.3 Å². The summed E-state index contributed by atoms with van der Waals surface area (Å²) in [6.07, 6.45) is 22.6. The van der Waals surface area contributed by atoms with Crippen molar-refractivity contribution < 1.29 is 14.6 Å². The highest BCUT2D eigenvalue weighted by Gasteiger charge is 2.35. The Balaban J connectivity index is 1.31. The minimum absolute atomic E-state index is 0.0848. The van der Waals surface area contributed by atoms with Crippen LogP contribution in [0.2, 0.25) is 0 Å². The predicted molar refractivity (Wildman–Crippen MR) is 137 cm³/mol. The van der Waals surface area contributed by atoms with Gasteiger partial charge in [-0.2, -0.15) is 0 Å². The summed E-state index contributed by atoms with van der Waals surface area (Å²) in [6.45, 7) is 8.08. The van der Waals surface area contributed by atoms with Crippen molar-refractivity contribution >= 4 is 5.97 Å². The zero-order valence-electron chi connectivity index (χ0n) is 21.7. The molecule has 5 unspecified atom stereocenters. The van der Waals surface area contributed by atoms with Crippen LogP contribution in [0.25, 0.3) is 0 Å². The molecule has 3 saturated carbocycles. The molecule has 0 amide bonds. The summed E-state index contributed by atoms with van der Waals surface area (Å²) >= 11 is 0. The Morgan fingerprint density at radius 3 is 2.03 bits per heavy atom. The zero-order valence-corrected chi connectivity index (χ0v) is 21.7. The lowest BCUT2D eigenvalue weighted by molar-refractivity contribution is -0.141. The summed E-state index contributed by atoms with van der Waals surface area (Å²) in [5, 5.41) is 9.82. The van der Waals surface area contributed by atoms with Crippen LogP contribution < -0.4 is 0 Å². The average molecular weight is 461 g/mol. The van der Waals surface area contributed by atoms with Gasteiger partial charge in [0.2, 0.25) is 0 Å². The Morgan fingerprint density at radius 1 is 0.879 bits per heavy atom. The third-order valence-electron chi connectivity index (χ3n) is 9.60. The third kappa shape index (κ3) is 8.41. The number of ether oxygens (including phenoxy) is 1. The highest BCUT2D eigenvalue weighted by molar-refractivity contribution is 5.86. The van der Waals surface area contributed by atoms with Gasteiger partial charge in [-0.15, -0.1) is 0 Å². The molecule has 5 atom stereocenters. The molecule has 0 aromatic heterocycles. The normalized spacial score (nSPS) is 33.2. The molecule has 3 aliphatic carbocycles. The lowest BCUT2D eigenvalue weighted by Crippen LogP contribution is -2.31. The van der Waals surface area contributed by atoms with Crippen molar-refractivity contribution in [2.45, 2.75) is 117 Å². The van der Waals surface area contributed by atoms with Crippen molar-refractivity contribution in [3.8, 4) is 0 Å². The summed E-state index contributed by atoms with van der Waals surface area (Å²) in [7, 11) is 0. The second kappa shape index (κ2) is 13.9. The molecule has 0 radical (unpaired) electrons. The molecule has 33 heavy (non-hydrogen) atoms. The minimum atomic E-state index is -0.332. The maximum Gasteiger partial charge on any atom is 0.333 e. The van der Waals surface area contributed by atoms with Gasteiger partial charge in [0, 0.05) is 18.1 Å². The third-order valence-corrected chi connectivity index (χ3v) is 9.60. The van der Waals surface area contributed by atoms with Gasteiger partial charge in [0.1, 0.15) is 0 Å². The lowest BCUT2D eigenvalue weighted by Gasteiger charge is -2.43. The van der Waals surface area contributed by atoms with Gasteiger partial charge < -0.3 is 9.84 Å². The fourth-order valence-electron chi connectivity index (χ4n) is 7.35.